The number of aromatic nitrogens is 2. The number of rotatable bonds is 9. The molecule has 242 valence electrons. The van der Waals surface area contributed by atoms with Crippen LogP contribution in [0.4, 0.5) is 17.1 Å². The lowest BCUT2D eigenvalue weighted by molar-refractivity contribution is 0.102. The Hall–Kier alpha value is -4.62. The van der Waals surface area contributed by atoms with Crippen LogP contribution >= 0.6 is 0 Å². The summed E-state index contributed by atoms with van der Waals surface area (Å²) in [5.74, 6) is -0.152. The van der Waals surface area contributed by atoms with Gasteiger partial charge in [-0.05, 0) is 73.1 Å². The zero-order valence-electron chi connectivity index (χ0n) is 26.9. The fraction of sp³-hybridized carbons (Fsp3) is 0.364. The number of amides is 1. The van der Waals surface area contributed by atoms with Crippen LogP contribution in [0.1, 0.15) is 84.9 Å². The molecule has 1 saturated carbocycles. The van der Waals surface area contributed by atoms with Crippen LogP contribution in [0.2, 0.25) is 0 Å². The Kier molecular flexibility index (Phi) is 8.15. The first-order chi connectivity index (χ1) is 21.8. The highest BCUT2D eigenvalue weighted by Crippen LogP contribution is 2.42. The number of hydrazine groups is 2. The van der Waals surface area contributed by atoms with E-state index in [9.17, 15) is 13.2 Å². The number of carbonyl (C=O) groups excluding carboxylic acids is 1. The van der Waals surface area contributed by atoms with Gasteiger partial charge in [0.25, 0.3) is 5.91 Å². The quantitative estimate of drug-likeness (QED) is 0.244. The second-order valence-corrected chi connectivity index (χ2v) is 14.7. The molecule has 12 nitrogen and oxygen atoms in total. The van der Waals surface area contributed by atoms with Crippen LogP contribution in [0.3, 0.4) is 0 Å². The molecule has 0 radical (unpaired) electrons. The molecule has 13 heteroatoms. The van der Waals surface area contributed by atoms with Crippen molar-refractivity contribution in [1.82, 2.24) is 20.7 Å². The van der Waals surface area contributed by atoms with E-state index in [4.69, 9.17) is 14.8 Å². The molecule has 0 spiro atoms. The van der Waals surface area contributed by atoms with Crippen molar-refractivity contribution in [3.05, 3.63) is 82.8 Å². The monoisotopic (exact) mass is 644 g/mol. The summed E-state index contributed by atoms with van der Waals surface area (Å²) in [5.41, 5.74) is 12.7. The summed E-state index contributed by atoms with van der Waals surface area (Å²) in [6.45, 7) is 8.00. The fourth-order valence-electron chi connectivity index (χ4n) is 5.62. The van der Waals surface area contributed by atoms with Crippen molar-refractivity contribution in [3.8, 4) is 5.75 Å². The second-order valence-electron chi connectivity index (χ2n) is 12.9. The third-order valence-corrected chi connectivity index (χ3v) is 8.77. The molecule has 6 rings (SSSR count). The minimum atomic E-state index is -3.60. The molecule has 1 fully saturated rings. The average Bonchev–Trinajstić information content (AvgIpc) is 3.55. The maximum atomic E-state index is 13.7. The fourth-order valence-corrected chi connectivity index (χ4v) is 6.17. The molecule has 46 heavy (non-hydrogen) atoms. The molecule has 1 aliphatic carbocycles. The molecule has 1 unspecified atom stereocenters. The molecule has 0 saturated heterocycles. The number of carbonyl (C=O) groups is 1. The lowest BCUT2D eigenvalue weighted by atomic mass is 9.86. The Labute approximate surface area is 269 Å². The smallest absolute Gasteiger partial charge is 0.255 e. The molecule has 2 aromatic carbocycles. The lowest BCUT2D eigenvalue weighted by Crippen LogP contribution is -2.36. The summed E-state index contributed by atoms with van der Waals surface area (Å²) in [5, 5.41) is 9.54. The summed E-state index contributed by atoms with van der Waals surface area (Å²) in [6.07, 6.45) is 13.9. The van der Waals surface area contributed by atoms with Crippen LogP contribution in [-0.4, -0.2) is 43.7 Å². The molecule has 3 aromatic rings. The zero-order chi connectivity index (χ0) is 32.8. The van der Waals surface area contributed by atoms with Crippen molar-refractivity contribution in [2.45, 2.75) is 64.5 Å². The molecular weight excluding hydrogens is 604 g/mol. The standard InChI is InChI=1S/C33H40N8O4S/c1-20-10-11-21(32(42)36-26-16-22(33(2,3)4)17-27(31(26)45-5)38-46(6,43)44)15-29(20)40-19-28(37-39-40)24-18-35-41(23-12-13-23)30(24)25-9-7-8-14-34-25/h7-8,10-11,14-19,23,25,37-39H,9,12-13H2,1-6H3,(H,36,42). The van der Waals surface area contributed by atoms with E-state index in [0.717, 1.165) is 59.3 Å². The Morgan fingerprint density at radius 1 is 1.13 bits per heavy atom. The topological polar surface area (TPSA) is 142 Å². The van der Waals surface area contributed by atoms with Gasteiger partial charge in [0.15, 0.2) is 5.75 Å². The number of anilines is 3. The number of ether oxygens (including phenoxy) is 1. The van der Waals surface area contributed by atoms with Gasteiger partial charge in [-0.3, -0.25) is 24.2 Å². The first-order valence-corrected chi connectivity index (χ1v) is 17.1. The SMILES string of the molecule is COc1c(NC(=O)c2ccc(C)c(N3C=C(c4cnn(C5CC5)c4C4CC=CC=N4)NN3)c2)cc(C(C)(C)C)cc1NS(C)(=O)=O. The van der Waals surface area contributed by atoms with Gasteiger partial charge in [-0.2, -0.15) is 5.10 Å². The summed E-state index contributed by atoms with van der Waals surface area (Å²) in [6, 6.07) is 9.39. The van der Waals surface area contributed by atoms with Gasteiger partial charge < -0.3 is 15.5 Å². The summed E-state index contributed by atoms with van der Waals surface area (Å²) in [7, 11) is -2.17. The summed E-state index contributed by atoms with van der Waals surface area (Å²) in [4.78, 5) is 18.4. The molecule has 0 bridgehead atoms. The van der Waals surface area contributed by atoms with Crippen LogP contribution in [0, 0.1) is 6.92 Å². The number of aryl methyl sites for hydroxylation is 1. The van der Waals surface area contributed by atoms with Crippen LogP contribution in [0.15, 0.2) is 59.9 Å². The third kappa shape index (κ3) is 6.51. The number of nitrogens with one attached hydrogen (secondary N) is 4. The minimum absolute atomic E-state index is 0.00413. The lowest BCUT2D eigenvalue weighted by Gasteiger charge is -2.24. The molecule has 4 N–H and O–H groups in total. The van der Waals surface area contributed by atoms with E-state index in [-0.39, 0.29) is 28.8 Å². The molecule has 3 heterocycles. The van der Waals surface area contributed by atoms with E-state index >= 15 is 0 Å². The van der Waals surface area contributed by atoms with Crippen LogP contribution in [-0.2, 0) is 15.4 Å². The Bertz CT molecular complexity index is 1880. The molecule has 2 aliphatic heterocycles. The highest BCUT2D eigenvalue weighted by Gasteiger charge is 2.33. The number of aliphatic imine (C=N–C) groups is 1. The zero-order valence-corrected chi connectivity index (χ0v) is 27.7. The van der Waals surface area contributed by atoms with Crippen LogP contribution in [0.25, 0.3) is 5.70 Å². The molecule has 3 aliphatic rings. The van der Waals surface area contributed by atoms with E-state index in [1.54, 1.807) is 18.2 Å². The Balaban J connectivity index is 1.30. The molecular formula is C33H40N8O4S. The number of allylic oxidation sites excluding steroid dienone is 1. The first-order valence-electron chi connectivity index (χ1n) is 15.2. The predicted molar refractivity (Wildman–Crippen MR) is 182 cm³/mol. The van der Waals surface area contributed by atoms with Crippen molar-refractivity contribution >= 4 is 44.9 Å². The largest absolute Gasteiger partial charge is 0.492 e. The average molecular weight is 645 g/mol. The second kappa shape index (κ2) is 12.0. The number of dihydropyridines is 1. The van der Waals surface area contributed by atoms with Gasteiger partial charge >= 0.3 is 0 Å². The third-order valence-electron chi connectivity index (χ3n) is 8.18. The van der Waals surface area contributed by atoms with Gasteiger partial charge in [0, 0.05) is 23.5 Å². The van der Waals surface area contributed by atoms with Crippen molar-refractivity contribution in [3.63, 3.8) is 0 Å². The minimum Gasteiger partial charge on any atom is -0.492 e. The number of methoxy groups -OCH3 is 1. The highest BCUT2D eigenvalue weighted by atomic mass is 32.2. The highest BCUT2D eigenvalue weighted by molar-refractivity contribution is 7.92. The van der Waals surface area contributed by atoms with E-state index < -0.39 is 10.0 Å². The Morgan fingerprint density at radius 3 is 2.54 bits per heavy atom. The summed E-state index contributed by atoms with van der Waals surface area (Å²) >= 11 is 0. The molecule has 1 aromatic heterocycles. The number of hydrogen-bond acceptors (Lipinski definition) is 9. The Morgan fingerprint density at radius 2 is 1.89 bits per heavy atom. The number of nitrogens with zero attached hydrogens (tertiary/aromatic N) is 4. The van der Waals surface area contributed by atoms with Crippen molar-refractivity contribution in [2.24, 2.45) is 4.99 Å². The van der Waals surface area contributed by atoms with E-state index in [1.165, 1.54) is 7.11 Å². The van der Waals surface area contributed by atoms with Crippen molar-refractivity contribution in [1.29, 1.82) is 0 Å². The van der Waals surface area contributed by atoms with E-state index in [2.05, 4.69) is 31.8 Å². The van der Waals surface area contributed by atoms with Crippen molar-refractivity contribution in [2.75, 3.05) is 28.4 Å². The maximum Gasteiger partial charge on any atom is 0.255 e. The first kappa shape index (κ1) is 31.4. The molecule has 1 atom stereocenters. The number of hydrogen-bond donors (Lipinski definition) is 4. The van der Waals surface area contributed by atoms with Gasteiger partial charge in [0.2, 0.25) is 10.0 Å². The van der Waals surface area contributed by atoms with Gasteiger partial charge in [0.05, 0.1) is 60.1 Å². The van der Waals surface area contributed by atoms with Crippen molar-refractivity contribution < 1.29 is 17.9 Å². The van der Waals surface area contributed by atoms with E-state index in [0.29, 0.717) is 17.3 Å². The van der Waals surface area contributed by atoms with Gasteiger partial charge in [0.1, 0.15) is 0 Å². The van der Waals surface area contributed by atoms with Crippen LogP contribution in [0.5, 0.6) is 5.75 Å². The van der Waals surface area contributed by atoms with Crippen LogP contribution < -0.4 is 30.7 Å². The maximum absolute atomic E-state index is 13.7. The summed E-state index contributed by atoms with van der Waals surface area (Å²) < 4.78 is 34.5. The predicted octanol–water partition coefficient (Wildman–Crippen LogP) is 5.36. The van der Waals surface area contributed by atoms with Gasteiger partial charge in [-0.1, -0.05) is 32.9 Å². The number of benzene rings is 2. The number of sulfonamides is 1. The van der Waals surface area contributed by atoms with Gasteiger partial charge in [-0.25, -0.2) is 8.42 Å². The van der Waals surface area contributed by atoms with E-state index in [1.807, 2.05) is 69.5 Å². The van der Waals surface area contributed by atoms with Gasteiger partial charge in [-0.15, -0.1) is 5.53 Å². The molecule has 1 amide bonds. The normalized spacial score (nSPS) is 17.9.